The van der Waals surface area contributed by atoms with Crippen molar-refractivity contribution in [3.05, 3.63) is 70.4 Å². The number of hydrogen-bond donors (Lipinski definition) is 3. The second-order valence-electron chi connectivity index (χ2n) is 9.48. The molecule has 4 rings (SSSR count). The number of fused-ring (bicyclic) bond motifs is 1. The number of amides is 2. The molecule has 3 aromatic rings. The van der Waals surface area contributed by atoms with E-state index in [-0.39, 0.29) is 11.3 Å². The molecule has 0 fully saturated rings. The van der Waals surface area contributed by atoms with E-state index in [1.165, 1.54) is 0 Å². The fourth-order valence-corrected chi connectivity index (χ4v) is 7.09. The molecular formula is C26H29AsClN5O2. The molecule has 1 aromatic heterocycles. The first-order valence-corrected chi connectivity index (χ1v) is 14.1. The maximum atomic E-state index is 12.1. The van der Waals surface area contributed by atoms with Gasteiger partial charge in [0.2, 0.25) is 0 Å². The summed E-state index contributed by atoms with van der Waals surface area (Å²) in [6.07, 6.45) is 3.64. The molecule has 0 bridgehead atoms. The van der Waals surface area contributed by atoms with E-state index in [0.717, 1.165) is 39.8 Å². The molecule has 2 unspecified atom stereocenters. The molecule has 182 valence electrons. The number of primary amides is 1. The third-order valence-electron chi connectivity index (χ3n) is 6.19. The molecule has 2 heterocycles. The van der Waals surface area contributed by atoms with Gasteiger partial charge in [0.15, 0.2) is 0 Å². The van der Waals surface area contributed by atoms with E-state index >= 15 is 0 Å². The number of carbonyl (C=O) groups is 2. The van der Waals surface area contributed by atoms with E-state index < -0.39 is 21.7 Å². The van der Waals surface area contributed by atoms with Gasteiger partial charge in [-0.3, -0.25) is 0 Å². The van der Waals surface area contributed by atoms with Crippen LogP contribution in [0.2, 0.25) is 9.73 Å². The Balaban J connectivity index is 1.52. The van der Waals surface area contributed by atoms with E-state index in [4.69, 9.17) is 22.3 Å². The number of anilines is 3. The summed E-state index contributed by atoms with van der Waals surface area (Å²) in [4.78, 5) is 32.9. The van der Waals surface area contributed by atoms with Crippen LogP contribution in [0.15, 0.2) is 48.7 Å². The molecule has 1 aliphatic rings. The molecule has 1 aliphatic heterocycles. The van der Waals surface area contributed by atoms with Gasteiger partial charge in [-0.05, 0) is 0 Å². The van der Waals surface area contributed by atoms with E-state index in [0.29, 0.717) is 27.7 Å². The fourth-order valence-electron chi connectivity index (χ4n) is 4.27. The van der Waals surface area contributed by atoms with Crippen molar-refractivity contribution in [3.8, 4) is 0 Å². The van der Waals surface area contributed by atoms with Crippen LogP contribution in [-0.2, 0) is 16.6 Å². The van der Waals surface area contributed by atoms with E-state index in [1.807, 2.05) is 30.3 Å². The van der Waals surface area contributed by atoms with E-state index in [2.05, 4.69) is 42.5 Å². The van der Waals surface area contributed by atoms with Crippen molar-refractivity contribution in [2.24, 2.45) is 5.73 Å². The van der Waals surface area contributed by atoms with Crippen molar-refractivity contribution in [1.29, 1.82) is 0 Å². The van der Waals surface area contributed by atoms with Gasteiger partial charge in [-0.2, -0.15) is 0 Å². The molecular weight excluding hydrogens is 525 g/mol. The maximum absolute atomic E-state index is 12.1. The topological polar surface area (TPSA) is 110 Å². The summed E-state index contributed by atoms with van der Waals surface area (Å²) in [5.74, 6) is 0.108. The SMILES string of the molecule is CC(Cc1ccccc1C(N)=O)[AsH]c1nc(Nc2ccc3c(c2)C(C)(C)CCC(=O)N3)ncc1Cl. The Bertz CT molecular complexity index is 1280. The van der Waals surface area contributed by atoms with Gasteiger partial charge in [-0.1, -0.05) is 0 Å². The molecule has 7 nitrogen and oxygen atoms in total. The van der Waals surface area contributed by atoms with Crippen LogP contribution in [0.1, 0.15) is 55.1 Å². The molecule has 2 atom stereocenters. The van der Waals surface area contributed by atoms with Gasteiger partial charge in [0.1, 0.15) is 0 Å². The number of nitrogens with zero attached hydrogens (tertiary/aromatic N) is 2. The predicted molar refractivity (Wildman–Crippen MR) is 143 cm³/mol. The Kier molecular flexibility index (Phi) is 7.48. The van der Waals surface area contributed by atoms with Crippen molar-refractivity contribution >= 4 is 61.0 Å². The van der Waals surface area contributed by atoms with Crippen LogP contribution in [0.4, 0.5) is 17.3 Å². The molecule has 35 heavy (non-hydrogen) atoms. The summed E-state index contributed by atoms with van der Waals surface area (Å²) in [7, 11) is 0. The molecule has 0 aliphatic carbocycles. The number of nitrogens with one attached hydrogen (secondary N) is 2. The average molecular weight is 554 g/mol. The molecule has 0 spiro atoms. The van der Waals surface area contributed by atoms with Crippen molar-refractivity contribution < 1.29 is 9.59 Å². The number of nitrogens with two attached hydrogens (primary N) is 1. The zero-order chi connectivity index (χ0) is 25.2. The molecule has 2 amide bonds. The Morgan fingerprint density at radius 3 is 2.83 bits per heavy atom. The van der Waals surface area contributed by atoms with Crippen molar-refractivity contribution in [1.82, 2.24) is 9.97 Å². The molecule has 4 N–H and O–H groups in total. The molecule has 0 saturated carbocycles. The average Bonchev–Trinajstić information content (AvgIpc) is 2.92. The van der Waals surface area contributed by atoms with E-state index in [9.17, 15) is 9.59 Å². The molecule has 0 radical (unpaired) electrons. The van der Waals surface area contributed by atoms with Crippen molar-refractivity contribution in [2.45, 2.75) is 50.2 Å². The Morgan fingerprint density at radius 2 is 2.06 bits per heavy atom. The first-order valence-electron chi connectivity index (χ1n) is 11.5. The van der Waals surface area contributed by atoms with Gasteiger partial charge in [0.05, 0.1) is 0 Å². The van der Waals surface area contributed by atoms with Crippen LogP contribution in [0.25, 0.3) is 0 Å². The summed E-state index contributed by atoms with van der Waals surface area (Å²) < 4.78 is 1.16. The van der Waals surface area contributed by atoms with Gasteiger partial charge in [0.25, 0.3) is 0 Å². The molecule has 0 saturated heterocycles. The van der Waals surface area contributed by atoms with Crippen LogP contribution in [0, 0.1) is 0 Å². The zero-order valence-corrected chi connectivity index (χ0v) is 22.8. The van der Waals surface area contributed by atoms with Gasteiger partial charge in [-0.15, -0.1) is 0 Å². The quantitative estimate of drug-likeness (QED) is 0.382. The third kappa shape index (κ3) is 6.03. The standard InChI is InChI=1S/C26H29AsClN5O2/c1-15(12-16-6-4-5-7-18(16)24(29)35)27-23-20(28)14-30-25(33-23)31-17-8-9-21-19(13-17)26(2,3)11-10-22(34)32-21/h4-9,13-15,27H,10-12H2,1-3H3,(H2,29,35)(H,32,34)(H,30,31,33). The van der Waals surface area contributed by atoms with Crippen LogP contribution >= 0.6 is 11.6 Å². The zero-order valence-electron chi connectivity index (χ0n) is 20.0. The second kappa shape index (κ2) is 10.4. The number of aromatic nitrogens is 2. The number of carbonyl (C=O) groups excluding carboxylic acids is 2. The normalized spacial score (nSPS) is 15.8. The van der Waals surface area contributed by atoms with Gasteiger partial charge in [0, 0.05) is 0 Å². The number of benzene rings is 2. The summed E-state index contributed by atoms with van der Waals surface area (Å²) in [5.41, 5.74) is 9.68. The van der Waals surface area contributed by atoms with Gasteiger partial charge >= 0.3 is 217 Å². The van der Waals surface area contributed by atoms with E-state index in [1.54, 1.807) is 12.3 Å². The van der Waals surface area contributed by atoms with Gasteiger partial charge < -0.3 is 0 Å². The Hall–Kier alpha value is -2.89. The molecule has 2 aromatic carbocycles. The summed E-state index contributed by atoms with van der Waals surface area (Å²) in [6, 6.07) is 13.3. The van der Waals surface area contributed by atoms with Crippen LogP contribution in [0.5, 0.6) is 0 Å². The summed E-state index contributed by atoms with van der Waals surface area (Å²) >= 11 is 5.73. The summed E-state index contributed by atoms with van der Waals surface area (Å²) in [5, 5.41) is 6.85. The predicted octanol–water partition coefficient (Wildman–Crippen LogP) is 4.10. The Morgan fingerprint density at radius 1 is 1.29 bits per heavy atom. The first kappa shape index (κ1) is 25.2. The second-order valence-corrected chi connectivity index (χ2v) is 13.6. The monoisotopic (exact) mass is 553 g/mol. The van der Waals surface area contributed by atoms with Crippen molar-refractivity contribution in [3.63, 3.8) is 0 Å². The first-order chi connectivity index (χ1) is 16.6. The number of rotatable bonds is 7. The van der Waals surface area contributed by atoms with Gasteiger partial charge in [-0.25, -0.2) is 0 Å². The minimum absolute atomic E-state index is 0.0419. The van der Waals surface area contributed by atoms with Crippen LogP contribution < -0.4 is 20.8 Å². The number of halogens is 1. The third-order valence-corrected chi connectivity index (χ3v) is 9.64. The molecule has 9 heteroatoms. The van der Waals surface area contributed by atoms with Crippen LogP contribution in [-0.4, -0.2) is 37.5 Å². The number of hydrogen-bond acceptors (Lipinski definition) is 5. The van der Waals surface area contributed by atoms with Crippen LogP contribution in [0.3, 0.4) is 0 Å². The Labute approximate surface area is 217 Å². The minimum atomic E-state index is -0.726. The fraction of sp³-hybridized carbons (Fsp3) is 0.308. The van der Waals surface area contributed by atoms with Crippen molar-refractivity contribution in [2.75, 3.05) is 10.6 Å². The summed E-state index contributed by atoms with van der Waals surface area (Å²) in [6.45, 7) is 6.44.